The van der Waals surface area contributed by atoms with E-state index >= 15 is 0 Å². The van der Waals surface area contributed by atoms with Crippen LogP contribution in [-0.2, 0) is 11.8 Å². The van der Waals surface area contributed by atoms with Crippen molar-refractivity contribution in [1.29, 1.82) is 0 Å². The third-order valence-electron chi connectivity index (χ3n) is 3.65. The summed E-state index contributed by atoms with van der Waals surface area (Å²) in [7, 11) is 1.47. The number of aliphatic hydroxyl groups excluding tert-OH is 3. The van der Waals surface area contributed by atoms with Gasteiger partial charge in [0.25, 0.3) is 0 Å². The van der Waals surface area contributed by atoms with Gasteiger partial charge in [-0.2, -0.15) is 4.98 Å². The van der Waals surface area contributed by atoms with E-state index in [0.717, 1.165) is 4.57 Å². The smallest absolute Gasteiger partial charge is 0.350 e. The van der Waals surface area contributed by atoms with Crippen LogP contribution in [0.5, 0.6) is 0 Å². The number of ether oxygens (including phenoxy) is 1. The van der Waals surface area contributed by atoms with E-state index in [0.29, 0.717) is 0 Å². The molecule has 0 amide bonds. The molecule has 3 heterocycles. The Morgan fingerprint density at radius 3 is 2.76 bits per heavy atom. The number of nitrogen functional groups attached to an aromatic ring is 1. The normalized spacial score (nSPS) is 29.3. The molecule has 10 nitrogen and oxygen atoms in total. The highest BCUT2D eigenvalue weighted by molar-refractivity contribution is 5.81. The summed E-state index contributed by atoms with van der Waals surface area (Å²) < 4.78 is 7.85. The topological polar surface area (TPSA) is 149 Å². The zero-order valence-corrected chi connectivity index (χ0v) is 11.1. The van der Waals surface area contributed by atoms with Crippen LogP contribution in [0.15, 0.2) is 11.1 Å². The van der Waals surface area contributed by atoms with Crippen LogP contribution in [0.2, 0.25) is 0 Å². The van der Waals surface area contributed by atoms with Gasteiger partial charge in [0.15, 0.2) is 11.9 Å². The van der Waals surface area contributed by atoms with Crippen molar-refractivity contribution in [2.75, 3.05) is 12.3 Å². The van der Waals surface area contributed by atoms with Crippen LogP contribution in [0.25, 0.3) is 11.2 Å². The number of nitrogens with two attached hydrogens (primary N) is 1. The molecule has 1 aliphatic rings. The molecule has 3 rings (SSSR count). The molecule has 0 bridgehead atoms. The van der Waals surface area contributed by atoms with Gasteiger partial charge in [0.1, 0.15) is 29.6 Å². The first-order valence-corrected chi connectivity index (χ1v) is 6.27. The summed E-state index contributed by atoms with van der Waals surface area (Å²) in [5.41, 5.74) is 5.66. The van der Waals surface area contributed by atoms with Crippen LogP contribution in [0.1, 0.15) is 6.23 Å². The van der Waals surface area contributed by atoms with Gasteiger partial charge < -0.3 is 25.8 Å². The fourth-order valence-corrected chi connectivity index (χ4v) is 2.37. The molecule has 2 aromatic heterocycles. The van der Waals surface area contributed by atoms with Crippen molar-refractivity contribution < 1.29 is 20.1 Å². The predicted octanol–water partition coefficient (Wildman–Crippen LogP) is -2.68. The van der Waals surface area contributed by atoms with Gasteiger partial charge in [-0.05, 0) is 0 Å². The van der Waals surface area contributed by atoms with E-state index in [4.69, 9.17) is 15.6 Å². The molecule has 0 aromatic carbocycles. The summed E-state index contributed by atoms with van der Waals surface area (Å²) in [6.45, 7) is -0.446. The molecule has 0 saturated carbocycles. The minimum atomic E-state index is -1.29. The number of aromatic nitrogens is 4. The molecule has 5 N–H and O–H groups in total. The molecule has 0 radical (unpaired) electrons. The van der Waals surface area contributed by atoms with Crippen molar-refractivity contribution >= 4 is 17.0 Å². The van der Waals surface area contributed by atoms with Crippen molar-refractivity contribution in [3.63, 3.8) is 0 Å². The van der Waals surface area contributed by atoms with Crippen LogP contribution in [0.4, 0.5) is 5.82 Å². The molecular formula is C11H15N5O5. The minimum absolute atomic E-state index is 0.135. The van der Waals surface area contributed by atoms with Gasteiger partial charge in [-0.1, -0.05) is 0 Å². The maximum absolute atomic E-state index is 11.7. The molecule has 114 valence electrons. The Morgan fingerprint density at radius 1 is 1.43 bits per heavy atom. The first-order chi connectivity index (χ1) is 9.95. The maximum atomic E-state index is 11.7. The average Bonchev–Trinajstić information content (AvgIpc) is 2.99. The molecule has 21 heavy (non-hydrogen) atoms. The molecule has 4 atom stereocenters. The first-order valence-electron chi connectivity index (χ1n) is 6.27. The third-order valence-corrected chi connectivity index (χ3v) is 3.65. The molecule has 0 unspecified atom stereocenters. The van der Waals surface area contributed by atoms with Crippen LogP contribution >= 0.6 is 0 Å². The first kappa shape index (κ1) is 13.9. The number of fused-ring (bicyclic) bond motifs is 1. The van der Waals surface area contributed by atoms with Crippen molar-refractivity contribution in [2.45, 2.75) is 24.5 Å². The maximum Gasteiger partial charge on any atom is 0.350 e. The standard InChI is InChI=1S/C11H15N5O5/c1-15-8(12)5-9(14-11(15)20)16(3-13-5)10-7(19)6(18)4(2-17)21-10/h3-4,6-7,10,17-19H,2,12H2,1H3/t4-,6-,7+,10-/m1/s1. The molecule has 1 aliphatic heterocycles. The molecule has 1 fully saturated rings. The second-order valence-corrected chi connectivity index (χ2v) is 4.89. The average molecular weight is 297 g/mol. The zero-order chi connectivity index (χ0) is 15.3. The molecule has 1 saturated heterocycles. The number of rotatable bonds is 2. The monoisotopic (exact) mass is 297 g/mol. The Morgan fingerprint density at radius 2 is 2.14 bits per heavy atom. The lowest BCUT2D eigenvalue weighted by Crippen LogP contribution is -2.33. The van der Waals surface area contributed by atoms with E-state index in [1.54, 1.807) is 0 Å². The highest BCUT2D eigenvalue weighted by atomic mass is 16.6. The number of nitrogens with zero attached hydrogens (tertiary/aromatic N) is 4. The summed E-state index contributed by atoms with van der Waals surface area (Å²) in [6.07, 6.45) is -3.16. The van der Waals surface area contributed by atoms with Crippen LogP contribution in [0, 0.1) is 0 Å². The Balaban J connectivity index is 2.12. The second kappa shape index (κ2) is 4.77. The second-order valence-electron chi connectivity index (χ2n) is 4.89. The lowest BCUT2D eigenvalue weighted by molar-refractivity contribution is -0.0511. The van der Waals surface area contributed by atoms with Gasteiger partial charge >= 0.3 is 5.69 Å². The van der Waals surface area contributed by atoms with E-state index in [2.05, 4.69) is 9.97 Å². The molecule has 0 spiro atoms. The SMILES string of the molecule is Cn1c(N)c2ncn([C@@H]3O[C@H](CO)[C@@H](O)[C@@H]3O)c2nc1=O. The van der Waals surface area contributed by atoms with Crippen molar-refractivity contribution in [3.8, 4) is 0 Å². The Bertz CT molecular complexity index is 740. The minimum Gasteiger partial charge on any atom is -0.394 e. The Hall–Kier alpha value is -2.01. The highest BCUT2D eigenvalue weighted by Crippen LogP contribution is 2.31. The van der Waals surface area contributed by atoms with Crippen LogP contribution in [0.3, 0.4) is 0 Å². The molecule has 0 aliphatic carbocycles. The number of aliphatic hydroxyl groups is 3. The lowest BCUT2D eigenvalue weighted by atomic mass is 10.1. The van der Waals surface area contributed by atoms with Gasteiger partial charge in [-0.15, -0.1) is 0 Å². The van der Waals surface area contributed by atoms with E-state index in [1.165, 1.54) is 17.9 Å². The van der Waals surface area contributed by atoms with Gasteiger partial charge in [0.2, 0.25) is 0 Å². The summed E-state index contributed by atoms with van der Waals surface area (Å²) in [5.74, 6) is 0.135. The van der Waals surface area contributed by atoms with Gasteiger partial charge in [0.05, 0.1) is 12.9 Å². The summed E-state index contributed by atoms with van der Waals surface area (Å²) >= 11 is 0. The van der Waals surface area contributed by atoms with Crippen molar-refractivity contribution in [2.24, 2.45) is 7.05 Å². The largest absolute Gasteiger partial charge is 0.394 e. The number of imidazole rings is 1. The number of hydrogen-bond donors (Lipinski definition) is 4. The number of hydrogen-bond acceptors (Lipinski definition) is 8. The lowest BCUT2D eigenvalue weighted by Gasteiger charge is -2.16. The summed E-state index contributed by atoms with van der Waals surface area (Å²) in [5, 5.41) is 28.9. The van der Waals surface area contributed by atoms with Crippen molar-refractivity contribution in [1.82, 2.24) is 19.1 Å². The molecular weight excluding hydrogens is 282 g/mol. The van der Waals surface area contributed by atoms with E-state index in [-0.39, 0.29) is 17.0 Å². The van der Waals surface area contributed by atoms with Crippen LogP contribution in [-0.4, -0.2) is 59.3 Å². The Labute approximate surface area is 118 Å². The molecule has 2 aromatic rings. The Kier molecular flexibility index (Phi) is 3.17. The van der Waals surface area contributed by atoms with E-state index in [1.807, 2.05) is 0 Å². The fourth-order valence-electron chi connectivity index (χ4n) is 2.37. The van der Waals surface area contributed by atoms with Gasteiger partial charge in [0, 0.05) is 7.05 Å². The van der Waals surface area contributed by atoms with Gasteiger partial charge in [-0.25, -0.2) is 9.78 Å². The van der Waals surface area contributed by atoms with E-state index in [9.17, 15) is 15.0 Å². The van der Waals surface area contributed by atoms with Gasteiger partial charge in [-0.3, -0.25) is 9.13 Å². The number of anilines is 1. The summed E-state index contributed by atoms with van der Waals surface area (Å²) in [4.78, 5) is 19.6. The van der Waals surface area contributed by atoms with Crippen LogP contribution < -0.4 is 11.4 Å². The zero-order valence-electron chi connectivity index (χ0n) is 11.1. The van der Waals surface area contributed by atoms with Crippen molar-refractivity contribution in [3.05, 3.63) is 16.8 Å². The third kappa shape index (κ3) is 1.92. The quantitative estimate of drug-likeness (QED) is 0.468. The summed E-state index contributed by atoms with van der Waals surface area (Å²) in [6, 6.07) is 0. The predicted molar refractivity (Wildman–Crippen MR) is 70.2 cm³/mol. The highest BCUT2D eigenvalue weighted by Gasteiger charge is 2.44. The fraction of sp³-hybridized carbons (Fsp3) is 0.545. The van der Waals surface area contributed by atoms with E-state index < -0.39 is 36.8 Å². The molecule has 10 heteroatoms.